The molecule has 0 heterocycles. The summed E-state index contributed by atoms with van der Waals surface area (Å²) >= 11 is 5.69. The maximum absolute atomic E-state index is 13.4. The molecule has 0 amide bonds. The standard InChI is InChI=1S/C10H10ClFO3/c1-5(2)15-9-7(11)3-6(10(13)14)4-8(9)12/h3-5H,1-2H3,(H,13,14). The molecule has 0 saturated heterocycles. The molecule has 0 aliphatic rings. The van der Waals surface area contributed by atoms with Crippen LogP contribution in [-0.4, -0.2) is 17.2 Å². The van der Waals surface area contributed by atoms with Crippen LogP contribution in [0.3, 0.4) is 0 Å². The van der Waals surface area contributed by atoms with Gasteiger partial charge in [-0.3, -0.25) is 0 Å². The second kappa shape index (κ2) is 4.49. The molecule has 0 aliphatic carbocycles. The summed E-state index contributed by atoms with van der Waals surface area (Å²) in [5.41, 5.74) is -0.200. The number of benzene rings is 1. The first-order valence-electron chi connectivity index (χ1n) is 4.30. The fraction of sp³-hybridized carbons (Fsp3) is 0.300. The van der Waals surface area contributed by atoms with Crippen LogP contribution < -0.4 is 4.74 Å². The number of ether oxygens (including phenoxy) is 1. The van der Waals surface area contributed by atoms with Crippen LogP contribution in [0, 0.1) is 5.82 Å². The number of hydrogen-bond donors (Lipinski definition) is 1. The first-order valence-corrected chi connectivity index (χ1v) is 4.68. The number of aromatic carboxylic acids is 1. The number of rotatable bonds is 3. The third-order valence-corrected chi connectivity index (χ3v) is 1.88. The summed E-state index contributed by atoms with van der Waals surface area (Å²) in [5, 5.41) is 8.60. The zero-order valence-corrected chi connectivity index (χ0v) is 9.01. The third kappa shape index (κ3) is 2.83. The van der Waals surface area contributed by atoms with Gasteiger partial charge in [0.2, 0.25) is 0 Å². The number of hydrogen-bond acceptors (Lipinski definition) is 2. The van der Waals surface area contributed by atoms with Crippen LogP contribution in [0.2, 0.25) is 5.02 Å². The van der Waals surface area contributed by atoms with E-state index in [-0.39, 0.29) is 22.4 Å². The van der Waals surface area contributed by atoms with Crippen molar-refractivity contribution >= 4 is 17.6 Å². The van der Waals surface area contributed by atoms with Gasteiger partial charge in [-0.2, -0.15) is 0 Å². The van der Waals surface area contributed by atoms with E-state index in [0.717, 1.165) is 12.1 Å². The highest BCUT2D eigenvalue weighted by Gasteiger charge is 2.15. The first kappa shape index (κ1) is 11.8. The average Bonchev–Trinajstić information content (AvgIpc) is 2.10. The SMILES string of the molecule is CC(C)Oc1c(F)cc(C(=O)O)cc1Cl. The molecule has 1 aromatic carbocycles. The van der Waals surface area contributed by atoms with E-state index in [9.17, 15) is 9.18 Å². The molecule has 3 nitrogen and oxygen atoms in total. The second-order valence-corrected chi connectivity index (χ2v) is 3.65. The Labute approximate surface area is 91.4 Å². The second-order valence-electron chi connectivity index (χ2n) is 3.24. The molecule has 0 aromatic heterocycles. The molecule has 1 aromatic rings. The molecular formula is C10H10ClFO3. The molecule has 0 aliphatic heterocycles. The lowest BCUT2D eigenvalue weighted by Gasteiger charge is -2.12. The van der Waals surface area contributed by atoms with Crippen molar-refractivity contribution in [2.24, 2.45) is 0 Å². The van der Waals surface area contributed by atoms with Gasteiger partial charge in [0.15, 0.2) is 11.6 Å². The van der Waals surface area contributed by atoms with Crippen molar-refractivity contribution < 1.29 is 19.0 Å². The van der Waals surface area contributed by atoms with Gasteiger partial charge >= 0.3 is 5.97 Å². The Morgan fingerprint density at radius 1 is 1.53 bits per heavy atom. The smallest absolute Gasteiger partial charge is 0.335 e. The minimum Gasteiger partial charge on any atom is -0.486 e. The Balaban J connectivity index is 3.15. The molecule has 0 unspecified atom stereocenters. The van der Waals surface area contributed by atoms with Gasteiger partial charge in [-0.25, -0.2) is 9.18 Å². The fourth-order valence-corrected chi connectivity index (χ4v) is 1.28. The van der Waals surface area contributed by atoms with Gasteiger partial charge in [-0.05, 0) is 26.0 Å². The van der Waals surface area contributed by atoms with Crippen molar-refractivity contribution in [2.75, 3.05) is 0 Å². The number of carboxylic acids is 1. The first-order chi connectivity index (χ1) is 6.91. The van der Waals surface area contributed by atoms with E-state index in [4.69, 9.17) is 21.4 Å². The number of halogens is 2. The Bertz CT molecular complexity index is 367. The third-order valence-electron chi connectivity index (χ3n) is 1.60. The van der Waals surface area contributed by atoms with Crippen molar-refractivity contribution in [1.82, 2.24) is 0 Å². The van der Waals surface area contributed by atoms with Crippen LogP contribution >= 0.6 is 11.6 Å². The van der Waals surface area contributed by atoms with Gasteiger partial charge in [0.05, 0.1) is 16.7 Å². The molecule has 0 spiro atoms. The van der Waals surface area contributed by atoms with Crippen LogP contribution in [0.4, 0.5) is 4.39 Å². The predicted octanol–water partition coefficient (Wildman–Crippen LogP) is 2.96. The largest absolute Gasteiger partial charge is 0.486 e. The van der Waals surface area contributed by atoms with E-state index in [0.29, 0.717) is 0 Å². The van der Waals surface area contributed by atoms with E-state index in [1.54, 1.807) is 13.8 Å². The molecular weight excluding hydrogens is 223 g/mol. The lowest BCUT2D eigenvalue weighted by atomic mass is 10.2. The van der Waals surface area contributed by atoms with Gasteiger partial charge in [-0.15, -0.1) is 0 Å². The van der Waals surface area contributed by atoms with Crippen molar-refractivity contribution in [2.45, 2.75) is 20.0 Å². The highest BCUT2D eigenvalue weighted by Crippen LogP contribution is 2.30. The Kier molecular flexibility index (Phi) is 3.52. The topological polar surface area (TPSA) is 46.5 Å². The molecule has 1 rings (SSSR count). The van der Waals surface area contributed by atoms with Crippen LogP contribution in [0.1, 0.15) is 24.2 Å². The van der Waals surface area contributed by atoms with E-state index >= 15 is 0 Å². The molecule has 0 radical (unpaired) electrons. The molecule has 82 valence electrons. The number of carboxylic acid groups (broad SMARTS) is 1. The molecule has 0 bridgehead atoms. The summed E-state index contributed by atoms with van der Waals surface area (Å²) in [5.74, 6) is -2.11. The van der Waals surface area contributed by atoms with Gasteiger partial charge in [0, 0.05) is 0 Å². The summed E-state index contributed by atoms with van der Waals surface area (Å²) in [6, 6.07) is 2.04. The van der Waals surface area contributed by atoms with E-state index in [2.05, 4.69) is 0 Å². The fourth-order valence-electron chi connectivity index (χ4n) is 1.03. The van der Waals surface area contributed by atoms with Crippen molar-refractivity contribution in [3.05, 3.63) is 28.5 Å². The predicted molar refractivity (Wildman–Crippen MR) is 54.1 cm³/mol. The maximum Gasteiger partial charge on any atom is 0.335 e. The molecule has 0 fully saturated rings. The molecule has 1 N–H and O–H groups in total. The van der Waals surface area contributed by atoms with Crippen molar-refractivity contribution in [3.63, 3.8) is 0 Å². The summed E-state index contributed by atoms with van der Waals surface area (Å²) in [6.07, 6.45) is -0.229. The summed E-state index contributed by atoms with van der Waals surface area (Å²) in [6.45, 7) is 3.45. The van der Waals surface area contributed by atoms with Crippen LogP contribution in [0.5, 0.6) is 5.75 Å². The van der Waals surface area contributed by atoms with Crippen LogP contribution in [-0.2, 0) is 0 Å². The Morgan fingerprint density at radius 2 is 2.13 bits per heavy atom. The summed E-state index contributed by atoms with van der Waals surface area (Å²) < 4.78 is 18.5. The van der Waals surface area contributed by atoms with E-state index < -0.39 is 11.8 Å². The van der Waals surface area contributed by atoms with Crippen molar-refractivity contribution in [3.8, 4) is 5.75 Å². The minimum atomic E-state index is -1.23. The lowest BCUT2D eigenvalue weighted by molar-refractivity contribution is 0.0696. The quantitative estimate of drug-likeness (QED) is 0.872. The average molecular weight is 233 g/mol. The zero-order chi connectivity index (χ0) is 11.6. The van der Waals surface area contributed by atoms with E-state index in [1.807, 2.05) is 0 Å². The van der Waals surface area contributed by atoms with Gasteiger partial charge in [0.25, 0.3) is 0 Å². The van der Waals surface area contributed by atoms with Gasteiger partial charge in [-0.1, -0.05) is 11.6 Å². The highest BCUT2D eigenvalue weighted by atomic mass is 35.5. The molecule has 5 heteroatoms. The normalized spacial score (nSPS) is 10.5. The lowest BCUT2D eigenvalue weighted by Crippen LogP contribution is -2.08. The Morgan fingerprint density at radius 3 is 2.53 bits per heavy atom. The molecule has 0 saturated carbocycles. The minimum absolute atomic E-state index is 0.0406. The van der Waals surface area contributed by atoms with Crippen molar-refractivity contribution in [1.29, 1.82) is 0 Å². The highest BCUT2D eigenvalue weighted by molar-refractivity contribution is 6.32. The maximum atomic E-state index is 13.4. The van der Waals surface area contributed by atoms with Crippen LogP contribution in [0.25, 0.3) is 0 Å². The number of carbonyl (C=O) groups is 1. The van der Waals surface area contributed by atoms with Crippen LogP contribution in [0.15, 0.2) is 12.1 Å². The summed E-state index contributed by atoms with van der Waals surface area (Å²) in [7, 11) is 0. The zero-order valence-electron chi connectivity index (χ0n) is 8.25. The Hall–Kier alpha value is -1.29. The molecule has 0 atom stereocenters. The molecule has 15 heavy (non-hydrogen) atoms. The van der Waals surface area contributed by atoms with E-state index in [1.165, 1.54) is 0 Å². The van der Waals surface area contributed by atoms with Gasteiger partial charge in [0.1, 0.15) is 0 Å². The van der Waals surface area contributed by atoms with Gasteiger partial charge < -0.3 is 9.84 Å². The monoisotopic (exact) mass is 232 g/mol. The summed E-state index contributed by atoms with van der Waals surface area (Å²) in [4.78, 5) is 10.6.